The average molecular weight is 407 g/mol. The molecule has 0 spiro atoms. The first kappa shape index (κ1) is 20.3. The highest BCUT2D eigenvalue weighted by atomic mass is 32.1. The van der Waals surface area contributed by atoms with Crippen LogP contribution in [0.15, 0.2) is 72.8 Å². The van der Waals surface area contributed by atoms with Crippen molar-refractivity contribution in [1.82, 2.24) is 16.2 Å². The molecule has 0 atom stereocenters. The average Bonchev–Trinajstić information content (AvgIpc) is 2.75. The van der Waals surface area contributed by atoms with Crippen LogP contribution in [0, 0.1) is 0 Å². The number of hydrazine groups is 1. The van der Waals surface area contributed by atoms with E-state index in [-0.39, 0.29) is 17.6 Å². The first-order valence-electron chi connectivity index (χ1n) is 9.14. The van der Waals surface area contributed by atoms with E-state index in [1.807, 2.05) is 66.7 Å². The van der Waals surface area contributed by atoms with Gasteiger partial charge in [-0.05, 0) is 47.1 Å². The molecule has 3 rings (SSSR count). The number of benzene rings is 3. The van der Waals surface area contributed by atoms with Crippen LogP contribution in [0.4, 0.5) is 0 Å². The summed E-state index contributed by atoms with van der Waals surface area (Å²) in [6.45, 7) is -0.185. The Morgan fingerprint density at radius 1 is 0.828 bits per heavy atom. The van der Waals surface area contributed by atoms with Crippen molar-refractivity contribution in [3.05, 3.63) is 78.4 Å². The highest BCUT2D eigenvalue weighted by molar-refractivity contribution is 7.80. The molecule has 7 heteroatoms. The Bertz CT molecular complexity index is 1010. The number of hydrogen-bond donors (Lipinski definition) is 3. The topological polar surface area (TPSA) is 79.5 Å². The Kier molecular flexibility index (Phi) is 7.13. The quantitative estimate of drug-likeness (QED) is 0.433. The first-order valence-corrected chi connectivity index (χ1v) is 9.55. The molecule has 2 amide bonds. The molecule has 3 aromatic rings. The number of aryl methyl sites for hydroxylation is 1. The fourth-order valence-corrected chi connectivity index (χ4v) is 2.86. The van der Waals surface area contributed by atoms with Gasteiger partial charge in [0.05, 0.1) is 0 Å². The van der Waals surface area contributed by atoms with Gasteiger partial charge in [-0.25, -0.2) is 0 Å². The van der Waals surface area contributed by atoms with Gasteiger partial charge in [0.1, 0.15) is 5.75 Å². The van der Waals surface area contributed by atoms with Gasteiger partial charge in [-0.1, -0.05) is 60.7 Å². The van der Waals surface area contributed by atoms with Gasteiger partial charge in [0, 0.05) is 6.42 Å². The SMILES string of the molecule is O=C(COc1ccc2ccccc2c1)NNC(=S)NC(=O)CCc1ccccc1. The van der Waals surface area contributed by atoms with Crippen molar-refractivity contribution in [3.8, 4) is 5.75 Å². The van der Waals surface area contributed by atoms with E-state index in [0.717, 1.165) is 16.3 Å². The van der Waals surface area contributed by atoms with Gasteiger partial charge in [0.25, 0.3) is 5.91 Å². The molecule has 0 heterocycles. The van der Waals surface area contributed by atoms with Crippen LogP contribution in [0.3, 0.4) is 0 Å². The smallest absolute Gasteiger partial charge is 0.276 e. The summed E-state index contributed by atoms with van der Waals surface area (Å²) in [5, 5.41) is 4.68. The number of rotatable bonds is 6. The van der Waals surface area contributed by atoms with E-state index >= 15 is 0 Å². The third kappa shape index (κ3) is 6.58. The lowest BCUT2D eigenvalue weighted by Gasteiger charge is -2.11. The minimum atomic E-state index is -0.418. The van der Waals surface area contributed by atoms with Crippen LogP contribution in [0.5, 0.6) is 5.75 Å². The van der Waals surface area contributed by atoms with E-state index in [9.17, 15) is 9.59 Å². The molecular weight excluding hydrogens is 386 g/mol. The molecule has 0 aliphatic carbocycles. The largest absolute Gasteiger partial charge is 0.484 e. The van der Waals surface area contributed by atoms with Gasteiger partial charge in [-0.2, -0.15) is 0 Å². The molecule has 0 unspecified atom stereocenters. The highest BCUT2D eigenvalue weighted by Gasteiger charge is 2.07. The molecule has 0 radical (unpaired) electrons. The minimum Gasteiger partial charge on any atom is -0.484 e. The van der Waals surface area contributed by atoms with E-state index in [4.69, 9.17) is 17.0 Å². The summed E-state index contributed by atoms with van der Waals surface area (Å²) in [5.74, 6) is -0.0531. The number of carbonyl (C=O) groups is 2. The first-order chi connectivity index (χ1) is 14.1. The molecule has 0 bridgehead atoms. The van der Waals surface area contributed by atoms with Crippen LogP contribution in [-0.2, 0) is 16.0 Å². The lowest BCUT2D eigenvalue weighted by molar-refractivity contribution is -0.124. The van der Waals surface area contributed by atoms with Crippen LogP contribution in [-0.4, -0.2) is 23.5 Å². The lowest BCUT2D eigenvalue weighted by atomic mass is 10.1. The number of amides is 2. The molecule has 0 aliphatic rings. The van der Waals surface area contributed by atoms with Crippen molar-refractivity contribution >= 4 is 39.9 Å². The van der Waals surface area contributed by atoms with Crippen molar-refractivity contribution in [1.29, 1.82) is 0 Å². The fourth-order valence-electron chi connectivity index (χ4n) is 2.69. The summed E-state index contributed by atoms with van der Waals surface area (Å²) in [6, 6.07) is 23.2. The second-order valence-electron chi connectivity index (χ2n) is 6.33. The number of hydrogen-bond acceptors (Lipinski definition) is 4. The van der Waals surface area contributed by atoms with Gasteiger partial charge in [-0.15, -0.1) is 0 Å². The lowest BCUT2D eigenvalue weighted by Crippen LogP contribution is -2.49. The van der Waals surface area contributed by atoms with Crippen LogP contribution < -0.4 is 20.9 Å². The summed E-state index contributed by atoms with van der Waals surface area (Å²) in [6.07, 6.45) is 0.909. The fraction of sp³-hybridized carbons (Fsp3) is 0.136. The monoisotopic (exact) mass is 407 g/mol. The van der Waals surface area contributed by atoms with E-state index in [1.54, 1.807) is 6.07 Å². The predicted molar refractivity (Wildman–Crippen MR) is 116 cm³/mol. The Hall–Kier alpha value is -3.45. The zero-order valence-corrected chi connectivity index (χ0v) is 16.5. The van der Waals surface area contributed by atoms with Gasteiger partial charge in [-0.3, -0.25) is 20.4 Å². The molecule has 3 N–H and O–H groups in total. The third-order valence-corrected chi connectivity index (χ3v) is 4.35. The van der Waals surface area contributed by atoms with Crippen LogP contribution in [0.2, 0.25) is 0 Å². The van der Waals surface area contributed by atoms with Crippen LogP contribution in [0.1, 0.15) is 12.0 Å². The molecule has 6 nitrogen and oxygen atoms in total. The molecule has 0 aliphatic heterocycles. The molecule has 3 aromatic carbocycles. The van der Waals surface area contributed by atoms with E-state index in [0.29, 0.717) is 18.6 Å². The van der Waals surface area contributed by atoms with Crippen molar-refractivity contribution in [2.45, 2.75) is 12.8 Å². The Morgan fingerprint density at radius 3 is 2.34 bits per heavy atom. The number of thiocarbonyl (C=S) groups is 1. The molecular formula is C22H21N3O3S. The third-order valence-electron chi connectivity index (χ3n) is 4.14. The number of fused-ring (bicyclic) bond motifs is 1. The van der Waals surface area contributed by atoms with Crippen LogP contribution in [0.25, 0.3) is 10.8 Å². The van der Waals surface area contributed by atoms with E-state index in [1.165, 1.54) is 0 Å². The summed E-state index contributed by atoms with van der Waals surface area (Å²) in [4.78, 5) is 23.8. The molecule has 0 saturated carbocycles. The second-order valence-corrected chi connectivity index (χ2v) is 6.74. The van der Waals surface area contributed by atoms with Crippen molar-refractivity contribution < 1.29 is 14.3 Å². The normalized spacial score (nSPS) is 10.2. The van der Waals surface area contributed by atoms with Crippen molar-refractivity contribution in [2.75, 3.05) is 6.61 Å². The van der Waals surface area contributed by atoms with Crippen LogP contribution >= 0.6 is 12.2 Å². The zero-order valence-electron chi connectivity index (χ0n) is 15.7. The summed E-state index contributed by atoms with van der Waals surface area (Å²) < 4.78 is 5.49. The Balaban J connectivity index is 1.35. The predicted octanol–water partition coefficient (Wildman–Crippen LogP) is 2.87. The molecule has 0 aromatic heterocycles. The van der Waals surface area contributed by atoms with Gasteiger partial charge in [0.15, 0.2) is 11.7 Å². The maximum absolute atomic E-state index is 11.9. The Labute approximate surface area is 174 Å². The summed E-state index contributed by atoms with van der Waals surface area (Å²) >= 11 is 5.01. The van der Waals surface area contributed by atoms with Crippen molar-refractivity contribution in [2.24, 2.45) is 0 Å². The van der Waals surface area contributed by atoms with Gasteiger partial charge < -0.3 is 10.1 Å². The number of ether oxygens (including phenoxy) is 1. The number of nitrogens with one attached hydrogen (secondary N) is 3. The minimum absolute atomic E-state index is 0.0297. The highest BCUT2D eigenvalue weighted by Crippen LogP contribution is 2.20. The van der Waals surface area contributed by atoms with Gasteiger partial charge in [0.2, 0.25) is 5.91 Å². The molecule has 0 fully saturated rings. The maximum Gasteiger partial charge on any atom is 0.276 e. The van der Waals surface area contributed by atoms with Crippen molar-refractivity contribution in [3.63, 3.8) is 0 Å². The van der Waals surface area contributed by atoms with E-state index in [2.05, 4.69) is 16.2 Å². The molecule has 148 valence electrons. The maximum atomic E-state index is 11.9. The summed E-state index contributed by atoms with van der Waals surface area (Å²) in [5.41, 5.74) is 5.97. The van der Waals surface area contributed by atoms with Gasteiger partial charge >= 0.3 is 0 Å². The second kappa shape index (κ2) is 10.2. The zero-order chi connectivity index (χ0) is 20.5. The molecule has 0 saturated heterocycles. The Morgan fingerprint density at radius 2 is 1.55 bits per heavy atom. The summed E-state index contributed by atoms with van der Waals surface area (Å²) in [7, 11) is 0. The van der Waals surface area contributed by atoms with E-state index < -0.39 is 5.91 Å². The standard InChI is InChI=1S/C22H21N3O3S/c26-20(13-10-16-6-2-1-3-7-16)23-22(29)25-24-21(27)15-28-19-12-11-17-8-4-5-9-18(17)14-19/h1-9,11-12,14H,10,13,15H2,(H,24,27)(H2,23,25,26,29). The number of carbonyl (C=O) groups excluding carboxylic acids is 2. The molecule has 29 heavy (non-hydrogen) atoms.